The largest absolute Gasteiger partial charge is 0.372 e. The molecule has 0 unspecified atom stereocenters. The van der Waals surface area contributed by atoms with Gasteiger partial charge in [0.2, 0.25) is 0 Å². The second-order valence-corrected chi connectivity index (χ2v) is 3.90. The van der Waals surface area contributed by atoms with E-state index < -0.39 is 5.60 Å². The zero-order valence-electron chi connectivity index (χ0n) is 9.59. The molecule has 0 amide bonds. The highest BCUT2D eigenvalue weighted by atomic mass is 16.3. The Morgan fingerprint density at radius 1 is 1.06 bits per heavy atom. The summed E-state index contributed by atoms with van der Waals surface area (Å²) >= 11 is 0. The van der Waals surface area contributed by atoms with Crippen LogP contribution in [0.1, 0.15) is 18.2 Å². The molecule has 2 heteroatoms. The number of aromatic nitrogens is 1. The van der Waals surface area contributed by atoms with Crippen LogP contribution in [0.5, 0.6) is 0 Å². The number of rotatable bonds is 1. The molecule has 1 atom stereocenters. The summed E-state index contributed by atoms with van der Waals surface area (Å²) in [7, 11) is 0. The Morgan fingerprint density at radius 3 is 2.41 bits per heavy atom. The first-order valence-corrected chi connectivity index (χ1v) is 5.40. The first kappa shape index (κ1) is 11.4. The molecule has 2 nitrogen and oxygen atoms in total. The molecular formula is C15H13NO. The Balaban J connectivity index is 2.27. The first-order valence-electron chi connectivity index (χ1n) is 5.40. The molecular weight excluding hydrogens is 210 g/mol. The van der Waals surface area contributed by atoms with E-state index >= 15 is 0 Å². The fraction of sp³-hybridized carbons (Fsp3) is 0.133. The van der Waals surface area contributed by atoms with Crippen molar-refractivity contribution in [3.8, 4) is 11.8 Å². The van der Waals surface area contributed by atoms with Crippen molar-refractivity contribution in [1.82, 2.24) is 4.98 Å². The van der Waals surface area contributed by atoms with Crippen LogP contribution < -0.4 is 0 Å². The third kappa shape index (κ3) is 2.93. The molecule has 2 rings (SSSR count). The van der Waals surface area contributed by atoms with E-state index in [0.717, 1.165) is 5.56 Å². The number of pyridine rings is 1. The lowest BCUT2D eigenvalue weighted by atomic mass is 10.0. The molecule has 0 aliphatic carbocycles. The summed E-state index contributed by atoms with van der Waals surface area (Å²) in [5, 5.41) is 10.2. The maximum atomic E-state index is 10.2. The Morgan fingerprint density at radius 2 is 1.76 bits per heavy atom. The summed E-state index contributed by atoms with van der Waals surface area (Å²) in [4.78, 5) is 4.11. The molecule has 0 spiro atoms. The van der Waals surface area contributed by atoms with Crippen molar-refractivity contribution in [2.45, 2.75) is 12.5 Å². The van der Waals surface area contributed by atoms with Crippen LogP contribution in [0.4, 0.5) is 0 Å². The van der Waals surface area contributed by atoms with E-state index in [1.807, 2.05) is 42.5 Å². The third-order valence-corrected chi connectivity index (χ3v) is 2.39. The maximum absolute atomic E-state index is 10.2. The van der Waals surface area contributed by atoms with Crippen molar-refractivity contribution in [1.29, 1.82) is 0 Å². The van der Waals surface area contributed by atoms with Gasteiger partial charge in [-0.2, -0.15) is 0 Å². The number of benzene rings is 1. The topological polar surface area (TPSA) is 33.1 Å². The van der Waals surface area contributed by atoms with Gasteiger partial charge in [-0.3, -0.25) is 4.98 Å². The van der Waals surface area contributed by atoms with Gasteiger partial charge in [-0.1, -0.05) is 36.1 Å². The van der Waals surface area contributed by atoms with Crippen LogP contribution in [-0.2, 0) is 5.60 Å². The Kier molecular flexibility index (Phi) is 3.22. The van der Waals surface area contributed by atoms with Gasteiger partial charge in [-0.25, -0.2) is 0 Å². The molecule has 0 fully saturated rings. The van der Waals surface area contributed by atoms with Crippen LogP contribution in [0.3, 0.4) is 0 Å². The van der Waals surface area contributed by atoms with Crippen molar-refractivity contribution < 1.29 is 5.11 Å². The monoisotopic (exact) mass is 223 g/mol. The van der Waals surface area contributed by atoms with Crippen LogP contribution in [0.2, 0.25) is 0 Å². The van der Waals surface area contributed by atoms with E-state index in [2.05, 4.69) is 16.8 Å². The number of hydrogen-bond donors (Lipinski definition) is 1. The zero-order chi connectivity index (χ0) is 12.1. The predicted molar refractivity (Wildman–Crippen MR) is 67.1 cm³/mol. The minimum atomic E-state index is -1.23. The molecule has 1 heterocycles. The Labute approximate surface area is 101 Å². The minimum Gasteiger partial charge on any atom is -0.372 e. The molecule has 0 aliphatic heterocycles. The standard InChI is InChI=1S/C15H13NO/c1-15(17,14-9-5-6-12-16-14)11-10-13-7-3-2-4-8-13/h2-9,12,17H,1H3/t15-/m0/s1. The molecule has 1 aromatic carbocycles. The van der Waals surface area contributed by atoms with Gasteiger partial charge < -0.3 is 5.11 Å². The van der Waals surface area contributed by atoms with Crippen molar-refractivity contribution in [2.24, 2.45) is 0 Å². The lowest BCUT2D eigenvalue weighted by Crippen LogP contribution is -2.19. The molecule has 0 bridgehead atoms. The minimum absolute atomic E-state index is 0.559. The second kappa shape index (κ2) is 4.82. The first-order chi connectivity index (χ1) is 8.18. The van der Waals surface area contributed by atoms with E-state index in [1.165, 1.54) is 0 Å². The van der Waals surface area contributed by atoms with Gasteiger partial charge in [0.05, 0.1) is 5.69 Å². The normalized spacial score (nSPS) is 13.3. The lowest BCUT2D eigenvalue weighted by molar-refractivity contribution is 0.117. The average molecular weight is 223 g/mol. The SMILES string of the molecule is C[C@](O)(C#Cc1ccccc1)c1ccccn1. The van der Waals surface area contributed by atoms with Crippen molar-refractivity contribution >= 4 is 0 Å². The highest BCUT2D eigenvalue weighted by molar-refractivity contribution is 5.37. The Hall–Kier alpha value is -2.11. The van der Waals surface area contributed by atoms with Crippen LogP contribution in [0.15, 0.2) is 54.7 Å². The van der Waals surface area contributed by atoms with Gasteiger partial charge in [0.15, 0.2) is 5.60 Å². The van der Waals surface area contributed by atoms with E-state index in [-0.39, 0.29) is 0 Å². The molecule has 84 valence electrons. The summed E-state index contributed by atoms with van der Waals surface area (Å²) in [5.74, 6) is 5.78. The van der Waals surface area contributed by atoms with E-state index in [1.54, 1.807) is 19.2 Å². The zero-order valence-corrected chi connectivity index (χ0v) is 9.59. The molecule has 0 radical (unpaired) electrons. The fourth-order valence-electron chi connectivity index (χ4n) is 1.43. The summed E-state index contributed by atoms with van der Waals surface area (Å²) in [6, 6.07) is 15.0. The average Bonchev–Trinajstić information content (AvgIpc) is 2.39. The summed E-state index contributed by atoms with van der Waals surface area (Å²) in [6.07, 6.45) is 1.65. The van der Waals surface area contributed by atoms with Crippen LogP contribution >= 0.6 is 0 Å². The van der Waals surface area contributed by atoms with Crippen molar-refractivity contribution in [2.75, 3.05) is 0 Å². The molecule has 0 saturated heterocycles. The van der Waals surface area contributed by atoms with Gasteiger partial charge in [0, 0.05) is 11.8 Å². The van der Waals surface area contributed by atoms with E-state index in [4.69, 9.17) is 0 Å². The van der Waals surface area contributed by atoms with E-state index in [9.17, 15) is 5.11 Å². The quantitative estimate of drug-likeness (QED) is 0.753. The van der Waals surface area contributed by atoms with Crippen LogP contribution in [-0.4, -0.2) is 10.1 Å². The second-order valence-electron chi connectivity index (χ2n) is 3.90. The van der Waals surface area contributed by atoms with Gasteiger partial charge in [0.1, 0.15) is 0 Å². The molecule has 1 aromatic heterocycles. The van der Waals surface area contributed by atoms with Gasteiger partial charge in [-0.05, 0) is 31.2 Å². The number of aliphatic hydroxyl groups is 1. The summed E-state index contributed by atoms with van der Waals surface area (Å²) < 4.78 is 0. The van der Waals surface area contributed by atoms with Gasteiger partial charge in [-0.15, -0.1) is 0 Å². The summed E-state index contributed by atoms with van der Waals surface area (Å²) in [5.41, 5.74) is 0.212. The Bertz CT molecular complexity index is 535. The summed E-state index contributed by atoms with van der Waals surface area (Å²) in [6.45, 7) is 1.64. The van der Waals surface area contributed by atoms with Gasteiger partial charge in [0.25, 0.3) is 0 Å². The smallest absolute Gasteiger partial charge is 0.165 e. The molecule has 17 heavy (non-hydrogen) atoms. The maximum Gasteiger partial charge on any atom is 0.165 e. The number of hydrogen-bond acceptors (Lipinski definition) is 2. The highest BCUT2D eigenvalue weighted by Gasteiger charge is 2.20. The molecule has 0 saturated carbocycles. The highest BCUT2D eigenvalue weighted by Crippen LogP contribution is 2.16. The van der Waals surface area contributed by atoms with E-state index in [0.29, 0.717) is 5.69 Å². The van der Waals surface area contributed by atoms with Crippen molar-refractivity contribution in [3.05, 3.63) is 66.0 Å². The molecule has 1 N–H and O–H groups in total. The predicted octanol–water partition coefficient (Wildman–Crippen LogP) is 2.34. The van der Waals surface area contributed by atoms with Crippen LogP contribution in [0.25, 0.3) is 0 Å². The fourth-order valence-corrected chi connectivity index (χ4v) is 1.43. The third-order valence-electron chi connectivity index (χ3n) is 2.39. The lowest BCUT2D eigenvalue weighted by Gasteiger charge is -2.14. The number of nitrogens with zero attached hydrogens (tertiary/aromatic N) is 1. The molecule has 0 aliphatic rings. The van der Waals surface area contributed by atoms with Crippen molar-refractivity contribution in [3.63, 3.8) is 0 Å². The van der Waals surface area contributed by atoms with Crippen LogP contribution in [0, 0.1) is 11.8 Å². The molecule has 2 aromatic rings. The van der Waals surface area contributed by atoms with Gasteiger partial charge >= 0.3 is 0 Å².